The van der Waals surface area contributed by atoms with Gasteiger partial charge in [-0.25, -0.2) is 9.00 Å². The number of likely N-dealkylation sites (tertiary alicyclic amines) is 1. The molecule has 1 saturated heterocycles. The first-order valence-corrected chi connectivity index (χ1v) is 7.81. The molecular formula is C16H16N2O5S. The van der Waals surface area contributed by atoms with Crippen LogP contribution in [0.4, 0.5) is 0 Å². The van der Waals surface area contributed by atoms with E-state index >= 15 is 0 Å². The summed E-state index contributed by atoms with van der Waals surface area (Å²) >= 11 is -0.00616. The highest BCUT2D eigenvalue weighted by Gasteiger charge is 2.49. The minimum Gasteiger partial charge on any atom is -0.477 e. The van der Waals surface area contributed by atoms with Crippen LogP contribution in [0.5, 0.6) is 0 Å². The second kappa shape index (κ2) is 6.79. The number of nitrogens with zero attached hydrogens (tertiary/aromatic N) is 1. The van der Waals surface area contributed by atoms with Gasteiger partial charge >= 0.3 is 5.97 Å². The Hall–Kier alpha value is -2.74. The van der Waals surface area contributed by atoms with Gasteiger partial charge in [0.1, 0.15) is 17.0 Å². The Bertz CT molecular complexity index is 802. The van der Waals surface area contributed by atoms with Gasteiger partial charge in [-0.15, -0.1) is 0 Å². The maximum absolute atomic E-state index is 12.2. The molecule has 1 aliphatic rings. The number of allylic oxidation sites excluding steroid dienone is 1. The summed E-state index contributed by atoms with van der Waals surface area (Å²) in [6.45, 7) is 4.94. The van der Waals surface area contributed by atoms with Crippen LogP contribution >= 0.6 is 0 Å². The average molecular weight is 348 g/mol. The number of benzene rings is 1. The maximum atomic E-state index is 12.2. The molecular weight excluding hydrogens is 332 g/mol. The number of carboxylic acids is 1. The number of amides is 2. The van der Waals surface area contributed by atoms with E-state index in [9.17, 15) is 23.7 Å². The summed E-state index contributed by atoms with van der Waals surface area (Å²) < 4.78 is 11.3. The number of carbonyl (C=O) groups is 3. The lowest BCUT2D eigenvalue weighted by Gasteiger charge is -2.39. The van der Waals surface area contributed by atoms with E-state index in [-0.39, 0.29) is 21.9 Å². The zero-order valence-electron chi connectivity index (χ0n) is 13.3. The van der Waals surface area contributed by atoms with Crippen molar-refractivity contribution in [2.75, 3.05) is 0 Å². The topological polar surface area (TPSA) is 104 Å². The van der Waals surface area contributed by atoms with Gasteiger partial charge in [0.05, 0.1) is 0 Å². The Kier molecular flexibility index (Phi) is 4.99. The molecule has 0 aromatic heterocycles. The first-order chi connectivity index (χ1) is 11.3. The summed E-state index contributed by atoms with van der Waals surface area (Å²) in [7, 11) is 0. The number of hydrogen-bond donors (Lipinski definition) is 2. The van der Waals surface area contributed by atoms with Crippen LogP contribution in [0.25, 0.3) is 0 Å². The summed E-state index contributed by atoms with van der Waals surface area (Å²) in [5, 5.41) is 11.7. The van der Waals surface area contributed by atoms with Crippen molar-refractivity contribution in [1.29, 1.82) is 0 Å². The molecule has 0 bridgehead atoms. The highest BCUT2D eigenvalue weighted by atomic mass is 32.1. The van der Waals surface area contributed by atoms with Crippen molar-refractivity contribution in [3.05, 3.63) is 46.7 Å². The molecule has 0 aliphatic carbocycles. The van der Waals surface area contributed by atoms with Crippen LogP contribution < -0.4 is 5.32 Å². The Morgan fingerprint density at radius 3 is 2.25 bits per heavy atom. The second-order valence-electron chi connectivity index (χ2n) is 5.52. The molecule has 7 nitrogen and oxygen atoms in total. The molecule has 2 amide bonds. The van der Waals surface area contributed by atoms with Crippen LogP contribution in [0.3, 0.4) is 0 Å². The zero-order valence-corrected chi connectivity index (χ0v) is 14.1. The SMILES string of the molecule is CC(C)=C(C(=O)O)N1C(=O)C(NC(=O)c2ccc(C)cc2)C1=S=O. The third kappa shape index (κ3) is 3.13. The Labute approximate surface area is 142 Å². The number of carbonyl (C=O) groups excluding carboxylic acids is 2. The van der Waals surface area contributed by atoms with Crippen molar-refractivity contribution in [3.63, 3.8) is 0 Å². The van der Waals surface area contributed by atoms with Crippen LogP contribution in [-0.4, -0.2) is 43.0 Å². The lowest BCUT2D eigenvalue weighted by Crippen LogP contribution is -2.68. The van der Waals surface area contributed by atoms with Crippen LogP contribution in [0.1, 0.15) is 29.8 Å². The molecule has 24 heavy (non-hydrogen) atoms. The largest absolute Gasteiger partial charge is 0.477 e. The Morgan fingerprint density at radius 1 is 1.21 bits per heavy atom. The van der Waals surface area contributed by atoms with E-state index in [1.165, 1.54) is 13.8 Å². The standard InChI is InChI=1S/C16H16N2O5S/c1-8(2)12(16(21)22)18-14(20)11(15(18)24-23)17-13(19)10-6-4-9(3)5-7-10/h4-7,11H,1-3H3,(H,17,19)(H,21,22). The summed E-state index contributed by atoms with van der Waals surface area (Å²) in [5.41, 5.74) is 1.45. The molecule has 126 valence electrons. The van der Waals surface area contributed by atoms with Gasteiger partial charge in [0.15, 0.2) is 11.0 Å². The first kappa shape index (κ1) is 17.6. The van der Waals surface area contributed by atoms with E-state index in [0.29, 0.717) is 11.1 Å². The lowest BCUT2D eigenvalue weighted by molar-refractivity contribution is -0.139. The Balaban J connectivity index is 2.23. The quantitative estimate of drug-likeness (QED) is 0.472. The number of β-lactam (4-membered cyclic amide) rings is 1. The predicted octanol–water partition coefficient (Wildman–Crippen LogP) is 0.657. The zero-order chi connectivity index (χ0) is 18.0. The van der Waals surface area contributed by atoms with Gasteiger partial charge in [-0.3, -0.25) is 14.5 Å². The number of aliphatic carboxylic acids is 1. The first-order valence-electron chi connectivity index (χ1n) is 7.06. The average Bonchev–Trinajstić information content (AvgIpc) is 2.52. The summed E-state index contributed by atoms with van der Waals surface area (Å²) in [6, 6.07) is 5.59. The molecule has 1 aromatic carbocycles. The van der Waals surface area contributed by atoms with E-state index in [4.69, 9.17) is 0 Å². The number of rotatable bonds is 4. The van der Waals surface area contributed by atoms with E-state index in [0.717, 1.165) is 10.5 Å². The molecule has 2 rings (SSSR count). The van der Waals surface area contributed by atoms with Gasteiger partial charge in [-0.1, -0.05) is 17.7 Å². The summed E-state index contributed by atoms with van der Waals surface area (Å²) in [4.78, 5) is 36.5. The Morgan fingerprint density at radius 2 is 1.79 bits per heavy atom. The number of carboxylic acid groups (broad SMARTS) is 1. The fraction of sp³-hybridized carbons (Fsp3) is 0.250. The molecule has 1 aliphatic heterocycles. The van der Waals surface area contributed by atoms with Gasteiger partial charge in [-0.05, 0) is 38.5 Å². The van der Waals surface area contributed by atoms with Crippen molar-refractivity contribution in [2.45, 2.75) is 26.8 Å². The van der Waals surface area contributed by atoms with Crippen molar-refractivity contribution in [2.24, 2.45) is 0 Å². The lowest BCUT2D eigenvalue weighted by atomic mass is 10.0. The van der Waals surface area contributed by atoms with Crippen LogP contribution in [0.2, 0.25) is 0 Å². The van der Waals surface area contributed by atoms with Gasteiger partial charge in [0.25, 0.3) is 11.8 Å². The maximum Gasteiger partial charge on any atom is 0.352 e. The highest BCUT2D eigenvalue weighted by Crippen LogP contribution is 2.23. The monoisotopic (exact) mass is 348 g/mol. The summed E-state index contributed by atoms with van der Waals surface area (Å²) in [5.74, 6) is -2.46. The normalized spacial score (nSPS) is 16.3. The number of nitrogens with one attached hydrogen (secondary N) is 1. The molecule has 0 spiro atoms. The van der Waals surface area contributed by atoms with Gasteiger partial charge in [0.2, 0.25) is 0 Å². The second-order valence-corrected chi connectivity index (χ2v) is 6.11. The molecule has 1 unspecified atom stereocenters. The highest BCUT2D eigenvalue weighted by molar-refractivity contribution is 7.67. The van der Waals surface area contributed by atoms with Gasteiger partial charge in [-0.2, -0.15) is 0 Å². The molecule has 1 heterocycles. The molecule has 1 aromatic rings. The van der Waals surface area contributed by atoms with Crippen molar-refractivity contribution in [3.8, 4) is 0 Å². The molecule has 0 saturated carbocycles. The molecule has 0 radical (unpaired) electrons. The van der Waals surface area contributed by atoms with Crippen molar-refractivity contribution >= 4 is 34.0 Å². The van der Waals surface area contributed by atoms with Crippen molar-refractivity contribution in [1.82, 2.24) is 10.2 Å². The fourth-order valence-corrected chi connectivity index (χ4v) is 2.80. The van der Waals surface area contributed by atoms with E-state index in [2.05, 4.69) is 5.32 Å². The predicted molar refractivity (Wildman–Crippen MR) is 88.4 cm³/mol. The third-order valence-electron chi connectivity index (χ3n) is 3.51. The molecule has 2 N–H and O–H groups in total. The smallest absolute Gasteiger partial charge is 0.352 e. The van der Waals surface area contributed by atoms with E-state index < -0.39 is 23.8 Å². The molecule has 8 heteroatoms. The van der Waals surface area contributed by atoms with Crippen LogP contribution in [-0.2, 0) is 20.8 Å². The van der Waals surface area contributed by atoms with Gasteiger partial charge in [0, 0.05) is 5.56 Å². The third-order valence-corrected chi connectivity index (χ3v) is 4.10. The minimum atomic E-state index is -1.31. The molecule has 1 fully saturated rings. The van der Waals surface area contributed by atoms with E-state index in [1.54, 1.807) is 24.3 Å². The van der Waals surface area contributed by atoms with E-state index in [1.807, 2.05) is 6.92 Å². The van der Waals surface area contributed by atoms with Crippen molar-refractivity contribution < 1.29 is 23.7 Å². The van der Waals surface area contributed by atoms with Crippen LogP contribution in [0, 0.1) is 6.92 Å². The van der Waals surface area contributed by atoms with Crippen LogP contribution in [0.15, 0.2) is 35.5 Å². The van der Waals surface area contributed by atoms with Gasteiger partial charge < -0.3 is 10.4 Å². The number of aryl methyl sites for hydroxylation is 1. The molecule has 1 atom stereocenters. The minimum absolute atomic E-state index is 0.00616. The number of hydrogen-bond acceptors (Lipinski definition) is 4. The fourth-order valence-electron chi connectivity index (χ4n) is 2.29. The summed E-state index contributed by atoms with van der Waals surface area (Å²) in [6.07, 6.45) is 0.